The molecular formula is C10H18N4O5S. The first-order chi connectivity index (χ1) is 9.27. The monoisotopic (exact) mass is 306 g/mol. The number of nitrogens with one attached hydrogen (secondary N) is 2. The fraction of sp³-hybridized carbons (Fsp3) is 0.600. The van der Waals surface area contributed by atoms with Gasteiger partial charge in [0.15, 0.2) is 0 Å². The predicted octanol–water partition coefficient (Wildman–Crippen LogP) is -1.18. The van der Waals surface area contributed by atoms with E-state index < -0.39 is 23.9 Å². The van der Waals surface area contributed by atoms with Gasteiger partial charge in [-0.05, 0) is 11.9 Å². The lowest BCUT2D eigenvalue weighted by Crippen LogP contribution is -2.42. The second-order valence-electron chi connectivity index (χ2n) is 3.80. The molecule has 0 rings (SSSR count). The first-order valence-electron chi connectivity index (χ1n) is 5.58. The molecular weight excluding hydrogens is 288 g/mol. The van der Waals surface area contributed by atoms with Gasteiger partial charge in [0, 0.05) is 26.8 Å². The Morgan fingerprint density at radius 3 is 2.35 bits per heavy atom. The average molecular weight is 306 g/mol. The lowest BCUT2D eigenvalue weighted by Gasteiger charge is -2.18. The van der Waals surface area contributed by atoms with Crippen molar-refractivity contribution in [2.45, 2.75) is 13.0 Å². The van der Waals surface area contributed by atoms with Gasteiger partial charge in [-0.2, -0.15) is 4.40 Å². The Hall–Kier alpha value is -1.97. The second kappa shape index (κ2) is 9.02. The highest BCUT2D eigenvalue weighted by atomic mass is 32.2. The van der Waals surface area contributed by atoms with Crippen molar-refractivity contribution in [2.75, 3.05) is 26.4 Å². The van der Waals surface area contributed by atoms with E-state index in [1.54, 1.807) is 7.05 Å². The molecule has 0 fully saturated rings. The van der Waals surface area contributed by atoms with Gasteiger partial charge >= 0.3 is 11.9 Å². The molecule has 0 heterocycles. The zero-order chi connectivity index (χ0) is 15.7. The highest BCUT2D eigenvalue weighted by Crippen LogP contribution is 2.06. The summed E-state index contributed by atoms with van der Waals surface area (Å²) in [4.78, 5) is 33.6. The number of carbonyl (C=O) groups is 3. The molecule has 4 N–H and O–H groups in total. The van der Waals surface area contributed by atoms with Gasteiger partial charge in [0.1, 0.15) is 12.6 Å². The molecule has 0 bridgehead atoms. The topological polar surface area (TPSA) is 131 Å². The number of hydrogen-bond donors (Lipinski definition) is 4. The van der Waals surface area contributed by atoms with E-state index in [0.29, 0.717) is 5.96 Å². The van der Waals surface area contributed by atoms with Gasteiger partial charge < -0.3 is 25.7 Å². The number of guanidine groups is 1. The highest BCUT2D eigenvalue weighted by molar-refractivity contribution is 7.98. The summed E-state index contributed by atoms with van der Waals surface area (Å²) in [7, 11) is 3.10. The Kier molecular flexibility index (Phi) is 8.13. The molecule has 0 spiro atoms. The van der Waals surface area contributed by atoms with E-state index in [1.807, 2.05) is 0 Å². The Labute approximate surface area is 120 Å². The van der Waals surface area contributed by atoms with Crippen molar-refractivity contribution in [3.63, 3.8) is 0 Å². The Morgan fingerprint density at radius 2 is 1.95 bits per heavy atom. The van der Waals surface area contributed by atoms with Crippen LogP contribution < -0.4 is 10.6 Å². The van der Waals surface area contributed by atoms with Gasteiger partial charge in [-0.1, -0.05) is 0 Å². The summed E-state index contributed by atoms with van der Waals surface area (Å²) in [6.45, 7) is 0.984. The summed E-state index contributed by atoms with van der Waals surface area (Å²) in [5, 5.41) is 22.5. The van der Waals surface area contributed by atoms with E-state index in [4.69, 9.17) is 10.2 Å². The SMILES string of the molecule is CNC(=NSCC(NC(C)=O)C(=O)O)N(C)CC(=O)O. The van der Waals surface area contributed by atoms with Crippen LogP contribution in [0, 0.1) is 0 Å². The molecule has 0 aliphatic rings. The van der Waals surface area contributed by atoms with Crippen LogP contribution in [0.1, 0.15) is 6.92 Å². The number of likely N-dealkylation sites (N-methyl/N-ethyl adjacent to an activating group) is 1. The molecule has 0 aromatic heterocycles. The maximum Gasteiger partial charge on any atom is 0.327 e. The number of carbonyl (C=O) groups excluding carboxylic acids is 1. The first kappa shape index (κ1) is 18.0. The third-order valence-electron chi connectivity index (χ3n) is 2.03. The minimum Gasteiger partial charge on any atom is -0.480 e. The van der Waals surface area contributed by atoms with Crippen LogP contribution in [0.5, 0.6) is 0 Å². The summed E-state index contributed by atoms with van der Waals surface area (Å²) in [6, 6.07) is -1.05. The van der Waals surface area contributed by atoms with Crippen molar-refractivity contribution in [1.82, 2.24) is 15.5 Å². The minimum absolute atomic E-state index is 0.0288. The summed E-state index contributed by atoms with van der Waals surface area (Å²) in [6.07, 6.45) is 0. The van der Waals surface area contributed by atoms with Gasteiger partial charge in [0.05, 0.1) is 0 Å². The molecule has 20 heavy (non-hydrogen) atoms. The van der Waals surface area contributed by atoms with E-state index in [9.17, 15) is 14.4 Å². The third kappa shape index (κ3) is 7.46. The molecule has 1 unspecified atom stereocenters. The lowest BCUT2D eigenvalue weighted by molar-refractivity contribution is -0.140. The number of nitrogens with zero attached hydrogens (tertiary/aromatic N) is 2. The van der Waals surface area contributed by atoms with Crippen LogP contribution in [0.25, 0.3) is 0 Å². The van der Waals surface area contributed by atoms with Crippen LogP contribution in [-0.4, -0.2) is 71.4 Å². The summed E-state index contributed by atoms with van der Waals surface area (Å²) in [5.74, 6) is -2.29. The van der Waals surface area contributed by atoms with Crippen molar-refractivity contribution >= 4 is 35.8 Å². The Morgan fingerprint density at radius 1 is 1.35 bits per heavy atom. The highest BCUT2D eigenvalue weighted by Gasteiger charge is 2.18. The smallest absolute Gasteiger partial charge is 0.327 e. The van der Waals surface area contributed by atoms with Crippen molar-refractivity contribution < 1.29 is 24.6 Å². The Bertz CT molecular complexity index is 401. The van der Waals surface area contributed by atoms with Gasteiger partial charge in [-0.15, -0.1) is 0 Å². The van der Waals surface area contributed by atoms with Crippen molar-refractivity contribution in [3.05, 3.63) is 0 Å². The molecule has 0 aliphatic carbocycles. The molecule has 10 heteroatoms. The van der Waals surface area contributed by atoms with Gasteiger partial charge in [0.25, 0.3) is 0 Å². The van der Waals surface area contributed by atoms with E-state index in [0.717, 1.165) is 11.9 Å². The quantitative estimate of drug-likeness (QED) is 0.262. The third-order valence-corrected chi connectivity index (χ3v) is 2.81. The van der Waals surface area contributed by atoms with Crippen LogP contribution in [-0.2, 0) is 14.4 Å². The molecule has 0 aromatic carbocycles. The van der Waals surface area contributed by atoms with Crippen molar-refractivity contribution in [1.29, 1.82) is 0 Å². The molecule has 0 radical (unpaired) electrons. The van der Waals surface area contributed by atoms with Crippen LogP contribution in [0.3, 0.4) is 0 Å². The number of rotatable bonds is 7. The van der Waals surface area contributed by atoms with Gasteiger partial charge in [-0.25, -0.2) is 4.79 Å². The molecule has 114 valence electrons. The van der Waals surface area contributed by atoms with Gasteiger partial charge in [0.2, 0.25) is 11.9 Å². The lowest BCUT2D eigenvalue weighted by atomic mass is 10.3. The summed E-state index contributed by atoms with van der Waals surface area (Å²) in [5.41, 5.74) is 0. The fourth-order valence-corrected chi connectivity index (χ4v) is 1.98. The van der Waals surface area contributed by atoms with Crippen LogP contribution in [0.2, 0.25) is 0 Å². The molecule has 1 amide bonds. The molecule has 0 aliphatic heterocycles. The van der Waals surface area contributed by atoms with E-state index in [-0.39, 0.29) is 12.3 Å². The molecule has 9 nitrogen and oxygen atoms in total. The maximum atomic E-state index is 10.9. The first-order valence-corrected chi connectivity index (χ1v) is 6.52. The molecule has 0 saturated carbocycles. The van der Waals surface area contributed by atoms with Crippen molar-refractivity contribution in [3.8, 4) is 0 Å². The fourth-order valence-electron chi connectivity index (χ4n) is 1.18. The van der Waals surface area contributed by atoms with E-state index >= 15 is 0 Å². The summed E-state index contributed by atoms with van der Waals surface area (Å²) >= 11 is 0.915. The normalized spacial score (nSPS) is 12.4. The minimum atomic E-state index is -1.16. The largest absolute Gasteiger partial charge is 0.480 e. The van der Waals surface area contributed by atoms with E-state index in [2.05, 4.69) is 15.0 Å². The molecule has 0 saturated heterocycles. The average Bonchev–Trinajstić information content (AvgIpc) is 2.31. The predicted molar refractivity (Wildman–Crippen MR) is 74.5 cm³/mol. The Balaban J connectivity index is 4.52. The number of carboxylic acid groups (broad SMARTS) is 2. The second-order valence-corrected chi connectivity index (χ2v) is 4.58. The van der Waals surface area contributed by atoms with Crippen molar-refractivity contribution in [2.24, 2.45) is 4.40 Å². The van der Waals surface area contributed by atoms with Crippen LogP contribution in [0.15, 0.2) is 4.40 Å². The number of aliphatic carboxylic acids is 2. The number of carboxylic acids is 2. The zero-order valence-corrected chi connectivity index (χ0v) is 12.2. The zero-order valence-electron chi connectivity index (χ0n) is 11.4. The number of amides is 1. The van der Waals surface area contributed by atoms with E-state index in [1.165, 1.54) is 18.9 Å². The standard InChI is InChI=1S/C10H18N4O5S/c1-6(15)12-7(9(18)19)5-20-13-10(11-2)14(3)4-8(16)17/h7H,4-5H2,1-3H3,(H,11,13)(H,12,15)(H,16,17)(H,18,19). The number of hydrogen-bond acceptors (Lipinski definition) is 5. The maximum absolute atomic E-state index is 10.9. The summed E-state index contributed by atoms with van der Waals surface area (Å²) < 4.78 is 3.99. The van der Waals surface area contributed by atoms with Crippen LogP contribution in [0.4, 0.5) is 0 Å². The van der Waals surface area contributed by atoms with Crippen LogP contribution >= 0.6 is 11.9 Å². The van der Waals surface area contributed by atoms with Gasteiger partial charge in [-0.3, -0.25) is 9.59 Å². The molecule has 0 aromatic rings. The molecule has 1 atom stereocenters.